The molecule has 3 rings (SSSR count). The van der Waals surface area contributed by atoms with Crippen molar-refractivity contribution in [3.63, 3.8) is 0 Å². The van der Waals surface area contributed by atoms with Crippen LogP contribution in [0, 0.1) is 13.8 Å². The lowest BCUT2D eigenvalue weighted by Gasteiger charge is -2.22. The number of sulfonamides is 1. The Morgan fingerprint density at radius 2 is 1.96 bits per heavy atom. The van der Waals surface area contributed by atoms with Crippen LogP contribution in [-0.2, 0) is 14.8 Å². The third kappa shape index (κ3) is 2.97. The van der Waals surface area contributed by atoms with Gasteiger partial charge in [0.05, 0.1) is 29.7 Å². The standard InChI is InChI=1S/C16H20ClN3O3S/c1-11-16(24(21,22)19(3)15-8-9-23-10-15)12(2)20(18-11)14-6-4-13(17)5-7-14/h4-7,15H,8-10H2,1-3H3. The predicted octanol–water partition coefficient (Wildman–Crippen LogP) is 2.55. The molecule has 1 aromatic heterocycles. The first-order chi connectivity index (χ1) is 11.3. The molecular weight excluding hydrogens is 350 g/mol. The zero-order chi connectivity index (χ0) is 17.5. The minimum absolute atomic E-state index is 0.132. The van der Waals surface area contributed by atoms with Crippen molar-refractivity contribution in [1.82, 2.24) is 14.1 Å². The first kappa shape index (κ1) is 17.4. The molecule has 0 bridgehead atoms. The van der Waals surface area contributed by atoms with E-state index >= 15 is 0 Å². The van der Waals surface area contributed by atoms with Crippen LogP contribution >= 0.6 is 11.6 Å². The Balaban J connectivity index is 2.03. The van der Waals surface area contributed by atoms with E-state index in [4.69, 9.17) is 16.3 Å². The van der Waals surface area contributed by atoms with Crippen molar-refractivity contribution >= 4 is 21.6 Å². The first-order valence-electron chi connectivity index (χ1n) is 7.70. The van der Waals surface area contributed by atoms with Crippen LogP contribution in [0.4, 0.5) is 0 Å². The fraction of sp³-hybridized carbons (Fsp3) is 0.438. The molecule has 1 saturated heterocycles. The zero-order valence-electron chi connectivity index (χ0n) is 13.9. The Kier molecular flexibility index (Phi) is 4.70. The molecule has 1 unspecified atom stereocenters. The van der Waals surface area contributed by atoms with E-state index in [2.05, 4.69) is 5.10 Å². The van der Waals surface area contributed by atoms with E-state index in [9.17, 15) is 8.42 Å². The molecule has 0 radical (unpaired) electrons. The molecule has 8 heteroatoms. The Labute approximate surface area is 147 Å². The topological polar surface area (TPSA) is 64.4 Å². The summed E-state index contributed by atoms with van der Waals surface area (Å²) in [5, 5.41) is 5.04. The van der Waals surface area contributed by atoms with Gasteiger partial charge >= 0.3 is 0 Å². The van der Waals surface area contributed by atoms with Gasteiger partial charge in [-0.3, -0.25) is 0 Å². The molecule has 2 heterocycles. The summed E-state index contributed by atoms with van der Waals surface area (Å²) >= 11 is 5.92. The summed E-state index contributed by atoms with van der Waals surface area (Å²) in [5.74, 6) is 0. The molecule has 1 aromatic carbocycles. The van der Waals surface area contributed by atoms with Gasteiger partial charge in [0.25, 0.3) is 0 Å². The van der Waals surface area contributed by atoms with Gasteiger partial charge in [0.1, 0.15) is 4.90 Å². The van der Waals surface area contributed by atoms with Crippen LogP contribution in [0.15, 0.2) is 29.2 Å². The van der Waals surface area contributed by atoms with Gasteiger partial charge in [-0.1, -0.05) is 11.6 Å². The number of hydrogen-bond donors (Lipinski definition) is 0. The van der Waals surface area contributed by atoms with E-state index in [-0.39, 0.29) is 10.9 Å². The Bertz CT molecular complexity index is 840. The number of nitrogens with zero attached hydrogens (tertiary/aromatic N) is 3. The number of ether oxygens (including phenoxy) is 1. The van der Waals surface area contributed by atoms with Crippen molar-refractivity contribution < 1.29 is 13.2 Å². The van der Waals surface area contributed by atoms with Gasteiger partial charge in [-0.05, 0) is 44.5 Å². The fourth-order valence-corrected chi connectivity index (χ4v) is 4.83. The third-order valence-electron chi connectivity index (χ3n) is 4.35. The monoisotopic (exact) mass is 369 g/mol. The molecule has 6 nitrogen and oxygen atoms in total. The lowest BCUT2D eigenvalue weighted by atomic mass is 10.3. The summed E-state index contributed by atoms with van der Waals surface area (Å²) in [4.78, 5) is 0.256. The summed E-state index contributed by atoms with van der Waals surface area (Å²) < 4.78 is 34.5. The number of aryl methyl sites for hydroxylation is 1. The van der Waals surface area contributed by atoms with E-state index < -0.39 is 10.0 Å². The van der Waals surface area contributed by atoms with Gasteiger partial charge in [-0.15, -0.1) is 0 Å². The number of aromatic nitrogens is 2. The molecule has 0 aliphatic carbocycles. The smallest absolute Gasteiger partial charge is 0.246 e. The molecule has 2 aromatic rings. The van der Waals surface area contributed by atoms with Gasteiger partial charge in [0, 0.05) is 18.7 Å². The van der Waals surface area contributed by atoms with E-state index in [1.54, 1.807) is 37.7 Å². The molecular formula is C16H20ClN3O3S. The highest BCUT2D eigenvalue weighted by molar-refractivity contribution is 7.89. The van der Waals surface area contributed by atoms with Crippen LogP contribution in [0.2, 0.25) is 5.02 Å². The predicted molar refractivity (Wildman–Crippen MR) is 92.2 cm³/mol. The molecule has 1 aliphatic heterocycles. The SMILES string of the molecule is Cc1nn(-c2ccc(Cl)cc2)c(C)c1S(=O)(=O)N(C)C1CCOC1. The van der Waals surface area contributed by atoms with Crippen molar-refractivity contribution in [2.24, 2.45) is 0 Å². The Hall–Kier alpha value is -1.41. The minimum Gasteiger partial charge on any atom is -0.380 e. The molecule has 24 heavy (non-hydrogen) atoms. The van der Waals surface area contributed by atoms with Crippen molar-refractivity contribution in [3.05, 3.63) is 40.7 Å². The summed E-state index contributed by atoms with van der Waals surface area (Å²) in [6, 6.07) is 7.00. The quantitative estimate of drug-likeness (QED) is 0.830. The number of likely N-dealkylation sites (N-methyl/N-ethyl adjacent to an activating group) is 1. The maximum Gasteiger partial charge on any atom is 0.246 e. The van der Waals surface area contributed by atoms with Gasteiger partial charge in [0.15, 0.2) is 0 Å². The molecule has 0 saturated carbocycles. The Morgan fingerprint density at radius 1 is 1.29 bits per heavy atom. The lowest BCUT2D eigenvalue weighted by Crippen LogP contribution is -2.37. The van der Waals surface area contributed by atoms with Crippen molar-refractivity contribution in [2.45, 2.75) is 31.2 Å². The van der Waals surface area contributed by atoms with E-state index in [1.807, 2.05) is 12.1 Å². The first-order valence-corrected chi connectivity index (χ1v) is 9.52. The Morgan fingerprint density at radius 3 is 2.54 bits per heavy atom. The lowest BCUT2D eigenvalue weighted by molar-refractivity contribution is 0.181. The maximum atomic E-state index is 13.1. The van der Waals surface area contributed by atoms with Crippen molar-refractivity contribution in [3.8, 4) is 5.69 Å². The van der Waals surface area contributed by atoms with Gasteiger partial charge in [-0.25, -0.2) is 13.1 Å². The van der Waals surface area contributed by atoms with Crippen LogP contribution in [-0.4, -0.2) is 48.8 Å². The summed E-state index contributed by atoms with van der Waals surface area (Å²) in [7, 11) is -2.03. The second-order valence-corrected chi connectivity index (χ2v) is 8.30. The van der Waals surface area contributed by atoms with E-state index in [1.165, 1.54) is 4.31 Å². The maximum absolute atomic E-state index is 13.1. The second-order valence-electron chi connectivity index (χ2n) is 5.93. The summed E-state index contributed by atoms with van der Waals surface area (Å²) in [5.41, 5.74) is 1.84. The summed E-state index contributed by atoms with van der Waals surface area (Å²) in [6.07, 6.45) is 0.707. The van der Waals surface area contributed by atoms with Crippen LogP contribution in [0.3, 0.4) is 0 Å². The van der Waals surface area contributed by atoms with Crippen LogP contribution in [0.5, 0.6) is 0 Å². The minimum atomic E-state index is -3.64. The number of rotatable bonds is 4. The fourth-order valence-electron chi connectivity index (χ4n) is 2.98. The average molecular weight is 370 g/mol. The van der Waals surface area contributed by atoms with Crippen molar-refractivity contribution in [1.29, 1.82) is 0 Å². The van der Waals surface area contributed by atoms with E-state index in [0.29, 0.717) is 36.0 Å². The van der Waals surface area contributed by atoms with Crippen LogP contribution in [0.1, 0.15) is 17.8 Å². The molecule has 1 aliphatic rings. The van der Waals surface area contributed by atoms with Gasteiger partial charge in [0.2, 0.25) is 10.0 Å². The molecule has 130 valence electrons. The molecule has 0 amide bonds. The highest BCUT2D eigenvalue weighted by Crippen LogP contribution is 2.28. The van der Waals surface area contributed by atoms with E-state index in [0.717, 1.165) is 5.69 Å². The molecule has 1 fully saturated rings. The second kappa shape index (κ2) is 6.48. The van der Waals surface area contributed by atoms with Crippen LogP contribution in [0.25, 0.3) is 5.69 Å². The normalized spacial score (nSPS) is 18.5. The largest absolute Gasteiger partial charge is 0.380 e. The van der Waals surface area contributed by atoms with Gasteiger partial charge < -0.3 is 4.74 Å². The average Bonchev–Trinajstić information content (AvgIpc) is 3.15. The van der Waals surface area contributed by atoms with Crippen LogP contribution < -0.4 is 0 Å². The molecule has 0 N–H and O–H groups in total. The number of halogens is 1. The third-order valence-corrected chi connectivity index (χ3v) is 6.77. The number of hydrogen-bond acceptors (Lipinski definition) is 4. The van der Waals surface area contributed by atoms with Gasteiger partial charge in [-0.2, -0.15) is 9.40 Å². The molecule has 0 spiro atoms. The highest BCUT2D eigenvalue weighted by Gasteiger charge is 2.34. The number of benzene rings is 1. The zero-order valence-corrected chi connectivity index (χ0v) is 15.4. The van der Waals surface area contributed by atoms with Crippen molar-refractivity contribution in [2.75, 3.05) is 20.3 Å². The molecule has 1 atom stereocenters. The highest BCUT2D eigenvalue weighted by atomic mass is 35.5. The summed E-state index contributed by atoms with van der Waals surface area (Å²) in [6.45, 7) is 4.50.